The highest BCUT2D eigenvalue weighted by Crippen LogP contribution is 2.19. The van der Waals surface area contributed by atoms with Gasteiger partial charge in [-0.2, -0.15) is 0 Å². The molecular formula is C17H34N4S. The Morgan fingerprint density at radius 3 is 2.86 bits per heavy atom. The maximum atomic E-state index is 5.73. The molecule has 0 amide bonds. The predicted octanol–water partition coefficient (Wildman–Crippen LogP) is 2.75. The normalized spacial score (nSPS) is 20.5. The van der Waals surface area contributed by atoms with Crippen molar-refractivity contribution in [1.29, 1.82) is 0 Å². The first-order chi connectivity index (χ1) is 10.5. The minimum atomic E-state index is 0.241. The Morgan fingerprint density at radius 2 is 2.23 bits per heavy atom. The Bertz CT molecular complexity index is 341. The molecule has 4 nitrogen and oxygen atoms in total. The molecule has 5 N–H and O–H groups in total. The molecule has 0 aromatic carbocycles. The molecule has 1 fully saturated rings. The van der Waals surface area contributed by atoms with Crippen LogP contribution in [0.15, 0.2) is 23.4 Å². The van der Waals surface area contributed by atoms with E-state index in [4.69, 9.17) is 5.73 Å². The van der Waals surface area contributed by atoms with Crippen LogP contribution in [-0.4, -0.2) is 31.6 Å². The van der Waals surface area contributed by atoms with Crippen LogP contribution >= 0.6 is 11.8 Å². The fraction of sp³-hybridized carbons (Fsp3) is 0.765. The second kappa shape index (κ2) is 11.0. The van der Waals surface area contributed by atoms with Gasteiger partial charge in [-0.05, 0) is 43.8 Å². The Kier molecular flexibility index (Phi) is 9.68. The predicted molar refractivity (Wildman–Crippen MR) is 99.6 cm³/mol. The van der Waals surface area contributed by atoms with Crippen LogP contribution < -0.4 is 21.7 Å². The molecule has 22 heavy (non-hydrogen) atoms. The highest BCUT2D eigenvalue weighted by Gasteiger charge is 2.11. The fourth-order valence-corrected chi connectivity index (χ4v) is 3.13. The van der Waals surface area contributed by atoms with E-state index in [-0.39, 0.29) is 5.41 Å². The summed E-state index contributed by atoms with van der Waals surface area (Å²) in [6.45, 7) is 9.84. The van der Waals surface area contributed by atoms with Gasteiger partial charge in [0, 0.05) is 36.1 Å². The van der Waals surface area contributed by atoms with Crippen molar-refractivity contribution in [3.63, 3.8) is 0 Å². The van der Waals surface area contributed by atoms with E-state index in [1.807, 2.05) is 11.8 Å². The summed E-state index contributed by atoms with van der Waals surface area (Å²) in [7, 11) is 0. The maximum Gasteiger partial charge on any atom is 0.0465 e. The van der Waals surface area contributed by atoms with Crippen LogP contribution in [0.4, 0.5) is 0 Å². The van der Waals surface area contributed by atoms with Crippen LogP contribution in [0, 0.1) is 5.41 Å². The molecule has 128 valence electrons. The summed E-state index contributed by atoms with van der Waals surface area (Å²) in [5, 5.41) is 10.4. The van der Waals surface area contributed by atoms with Crippen molar-refractivity contribution in [2.24, 2.45) is 11.1 Å². The molecule has 1 heterocycles. The molecule has 1 saturated heterocycles. The van der Waals surface area contributed by atoms with Gasteiger partial charge >= 0.3 is 0 Å². The van der Waals surface area contributed by atoms with E-state index in [2.05, 4.69) is 49.0 Å². The lowest BCUT2D eigenvalue weighted by atomic mass is 9.97. The standard InChI is InChI=1S/C17H34N4S/c1-17(2,3)8-11-19-9-5-7-16(12-18)22-14-21-15-6-4-10-20-13-15/h8,11-12,15,19-21H,4-7,9-10,13-14,18H2,1-3H3/b11-8?,16-12-/t15-/m1/s1. The zero-order chi connectivity index (χ0) is 16.3. The number of allylic oxidation sites excluding steroid dienone is 2. The Labute approximate surface area is 140 Å². The minimum Gasteiger partial charge on any atom is -0.404 e. The van der Waals surface area contributed by atoms with Gasteiger partial charge < -0.3 is 21.7 Å². The number of hydrogen-bond acceptors (Lipinski definition) is 5. The lowest BCUT2D eigenvalue weighted by Gasteiger charge is -2.23. The van der Waals surface area contributed by atoms with E-state index in [0.717, 1.165) is 38.4 Å². The molecule has 0 aromatic rings. The molecule has 1 aliphatic heterocycles. The van der Waals surface area contributed by atoms with Gasteiger partial charge in [0.1, 0.15) is 0 Å². The summed E-state index contributed by atoms with van der Waals surface area (Å²) in [4.78, 5) is 1.28. The van der Waals surface area contributed by atoms with Gasteiger partial charge in [0.2, 0.25) is 0 Å². The summed E-state index contributed by atoms with van der Waals surface area (Å²) < 4.78 is 0. The highest BCUT2D eigenvalue weighted by molar-refractivity contribution is 8.03. The first kappa shape index (κ1) is 19.4. The van der Waals surface area contributed by atoms with Gasteiger partial charge in [0.25, 0.3) is 0 Å². The maximum absolute atomic E-state index is 5.73. The molecule has 5 heteroatoms. The third-order valence-electron chi connectivity index (χ3n) is 3.56. The van der Waals surface area contributed by atoms with Crippen molar-refractivity contribution in [3.8, 4) is 0 Å². The number of nitrogens with two attached hydrogens (primary N) is 1. The number of thioether (sulfide) groups is 1. The van der Waals surface area contributed by atoms with Gasteiger partial charge in [-0.1, -0.05) is 26.8 Å². The molecule has 1 rings (SSSR count). The summed E-state index contributed by atoms with van der Waals surface area (Å²) >= 11 is 1.83. The summed E-state index contributed by atoms with van der Waals surface area (Å²) in [6.07, 6.45) is 10.7. The van der Waals surface area contributed by atoms with Crippen molar-refractivity contribution in [1.82, 2.24) is 16.0 Å². The minimum absolute atomic E-state index is 0.241. The van der Waals surface area contributed by atoms with Crippen molar-refractivity contribution in [3.05, 3.63) is 23.4 Å². The molecule has 1 atom stereocenters. The summed E-state index contributed by atoms with van der Waals surface area (Å²) in [5.74, 6) is 0.951. The topological polar surface area (TPSA) is 62.1 Å². The van der Waals surface area contributed by atoms with E-state index >= 15 is 0 Å². The molecule has 0 unspecified atom stereocenters. The monoisotopic (exact) mass is 326 g/mol. The number of rotatable bonds is 9. The lowest BCUT2D eigenvalue weighted by Crippen LogP contribution is -2.42. The first-order valence-corrected chi connectivity index (χ1v) is 9.38. The quantitative estimate of drug-likeness (QED) is 0.388. The van der Waals surface area contributed by atoms with Crippen LogP contribution in [0.25, 0.3) is 0 Å². The van der Waals surface area contributed by atoms with Gasteiger partial charge in [0.05, 0.1) is 0 Å². The van der Waals surface area contributed by atoms with Gasteiger partial charge in [-0.15, -0.1) is 11.8 Å². The third-order valence-corrected chi connectivity index (χ3v) is 4.58. The number of nitrogens with one attached hydrogen (secondary N) is 3. The Balaban J connectivity index is 2.06. The van der Waals surface area contributed by atoms with Crippen LogP contribution in [-0.2, 0) is 0 Å². The average Bonchev–Trinajstić information content (AvgIpc) is 2.49. The lowest BCUT2D eigenvalue weighted by molar-refractivity contribution is 0.408. The molecule has 1 aliphatic rings. The van der Waals surface area contributed by atoms with Crippen molar-refractivity contribution >= 4 is 11.8 Å². The molecule has 0 aromatic heterocycles. The molecule has 0 spiro atoms. The van der Waals surface area contributed by atoms with E-state index < -0.39 is 0 Å². The second-order valence-electron chi connectivity index (χ2n) is 6.93. The van der Waals surface area contributed by atoms with E-state index in [9.17, 15) is 0 Å². The van der Waals surface area contributed by atoms with E-state index in [1.165, 1.54) is 17.7 Å². The fourth-order valence-electron chi connectivity index (χ4n) is 2.24. The molecule has 0 saturated carbocycles. The number of piperidine rings is 1. The Hall–Kier alpha value is -0.650. The smallest absolute Gasteiger partial charge is 0.0465 e. The van der Waals surface area contributed by atoms with Crippen LogP contribution in [0.5, 0.6) is 0 Å². The zero-order valence-corrected chi connectivity index (χ0v) is 15.3. The largest absolute Gasteiger partial charge is 0.404 e. The van der Waals surface area contributed by atoms with Gasteiger partial charge in [-0.25, -0.2) is 0 Å². The average molecular weight is 327 g/mol. The van der Waals surface area contributed by atoms with Crippen LogP contribution in [0.1, 0.15) is 46.5 Å². The molecule has 0 aliphatic carbocycles. The molecule has 0 bridgehead atoms. The van der Waals surface area contributed by atoms with Crippen molar-refractivity contribution in [2.45, 2.75) is 52.5 Å². The Morgan fingerprint density at radius 1 is 1.41 bits per heavy atom. The van der Waals surface area contributed by atoms with Crippen molar-refractivity contribution < 1.29 is 0 Å². The summed E-state index contributed by atoms with van der Waals surface area (Å²) in [5.41, 5.74) is 5.97. The third kappa shape index (κ3) is 10.1. The van der Waals surface area contributed by atoms with E-state index in [0.29, 0.717) is 6.04 Å². The highest BCUT2D eigenvalue weighted by atomic mass is 32.2. The summed E-state index contributed by atoms with van der Waals surface area (Å²) in [6, 6.07) is 0.615. The zero-order valence-electron chi connectivity index (χ0n) is 14.5. The SMILES string of the molecule is CC(C)(C)C=CNCCC/C(=C/N)SCN[C@@H]1CCCNC1. The number of hydrogen-bond donors (Lipinski definition) is 4. The van der Waals surface area contributed by atoms with Crippen molar-refractivity contribution in [2.75, 3.05) is 25.5 Å². The van der Waals surface area contributed by atoms with E-state index in [1.54, 1.807) is 6.20 Å². The van der Waals surface area contributed by atoms with Crippen LogP contribution in [0.3, 0.4) is 0 Å². The van der Waals surface area contributed by atoms with Crippen LogP contribution in [0.2, 0.25) is 0 Å². The molecule has 0 radical (unpaired) electrons. The van der Waals surface area contributed by atoms with Gasteiger partial charge in [0.15, 0.2) is 0 Å². The second-order valence-corrected chi connectivity index (χ2v) is 8.03. The first-order valence-electron chi connectivity index (χ1n) is 8.40. The van der Waals surface area contributed by atoms with Gasteiger partial charge in [-0.3, -0.25) is 0 Å². The molecular weight excluding hydrogens is 292 g/mol.